The van der Waals surface area contributed by atoms with E-state index in [-0.39, 0.29) is 29.4 Å². The molecule has 0 aliphatic carbocycles. The number of aryl methyl sites for hydroxylation is 1. The maximum atomic E-state index is 12.2. The van der Waals surface area contributed by atoms with Crippen LogP contribution in [0.3, 0.4) is 0 Å². The van der Waals surface area contributed by atoms with Crippen molar-refractivity contribution in [1.29, 1.82) is 0 Å². The number of nitrogens with zero attached hydrogens (tertiary/aromatic N) is 3. The van der Waals surface area contributed by atoms with E-state index in [4.69, 9.17) is 4.74 Å². The minimum atomic E-state index is -0.496. The van der Waals surface area contributed by atoms with Crippen LogP contribution in [0, 0.1) is 0 Å². The highest BCUT2D eigenvalue weighted by Gasteiger charge is 2.37. The highest BCUT2D eigenvalue weighted by Crippen LogP contribution is 2.42. The summed E-state index contributed by atoms with van der Waals surface area (Å²) in [5.41, 5.74) is 2.58. The van der Waals surface area contributed by atoms with Crippen molar-refractivity contribution in [3.8, 4) is 0 Å². The van der Waals surface area contributed by atoms with Crippen LogP contribution in [-0.2, 0) is 22.0 Å². The first-order valence-electron chi connectivity index (χ1n) is 8.15. The van der Waals surface area contributed by atoms with Crippen LogP contribution >= 0.6 is 0 Å². The van der Waals surface area contributed by atoms with Gasteiger partial charge >= 0.3 is 5.97 Å². The van der Waals surface area contributed by atoms with Gasteiger partial charge in [-0.05, 0) is 12.1 Å². The second-order valence-corrected chi connectivity index (χ2v) is 7.23. The third-order valence-electron chi connectivity index (χ3n) is 4.31. The fourth-order valence-corrected chi connectivity index (χ4v) is 3.16. The Hall–Kier alpha value is -2.70. The van der Waals surface area contributed by atoms with Crippen LogP contribution in [-0.4, -0.2) is 33.8 Å². The van der Waals surface area contributed by atoms with Crippen molar-refractivity contribution < 1.29 is 14.3 Å². The summed E-state index contributed by atoms with van der Waals surface area (Å²) in [4.78, 5) is 28.5. The largest absolute Gasteiger partial charge is 0.464 e. The third-order valence-corrected chi connectivity index (χ3v) is 4.31. The molecule has 2 aromatic rings. The van der Waals surface area contributed by atoms with Crippen LogP contribution in [0.15, 0.2) is 18.2 Å². The summed E-state index contributed by atoms with van der Waals surface area (Å²) in [7, 11) is 3.14. The van der Waals surface area contributed by atoms with Gasteiger partial charge in [-0.25, -0.2) is 9.78 Å². The predicted molar refractivity (Wildman–Crippen MR) is 92.6 cm³/mol. The van der Waals surface area contributed by atoms with E-state index in [1.54, 1.807) is 16.8 Å². The Morgan fingerprint density at radius 3 is 2.72 bits per heavy atom. The minimum Gasteiger partial charge on any atom is -0.464 e. The number of esters is 1. The lowest BCUT2D eigenvalue weighted by Gasteiger charge is -2.26. The molecule has 1 aliphatic heterocycles. The molecule has 0 aromatic carbocycles. The van der Waals surface area contributed by atoms with E-state index in [0.29, 0.717) is 11.5 Å². The Balaban J connectivity index is 2.17. The molecule has 132 valence electrons. The number of anilines is 1. The minimum absolute atomic E-state index is 0.0915. The Kier molecular flexibility index (Phi) is 4.10. The molecule has 0 saturated carbocycles. The molecule has 7 heteroatoms. The monoisotopic (exact) mass is 342 g/mol. The molecular formula is C18H22N4O3. The first kappa shape index (κ1) is 17.1. The molecule has 1 atom stereocenters. The summed E-state index contributed by atoms with van der Waals surface area (Å²) in [6, 6.07) is 5.19. The van der Waals surface area contributed by atoms with Gasteiger partial charge in [0.05, 0.1) is 12.8 Å². The molecule has 0 spiro atoms. The van der Waals surface area contributed by atoms with Gasteiger partial charge in [0.1, 0.15) is 11.5 Å². The number of carbonyl (C=O) groups excluding carboxylic acids is 2. The van der Waals surface area contributed by atoms with Crippen LogP contribution in [0.5, 0.6) is 0 Å². The number of fused-ring (bicyclic) bond motifs is 1. The molecular weight excluding hydrogens is 320 g/mol. The number of amides is 1. The topological polar surface area (TPSA) is 86.1 Å². The van der Waals surface area contributed by atoms with Crippen molar-refractivity contribution in [2.45, 2.75) is 38.5 Å². The van der Waals surface area contributed by atoms with E-state index in [1.807, 2.05) is 13.1 Å². The maximum absolute atomic E-state index is 12.2. The van der Waals surface area contributed by atoms with Gasteiger partial charge in [-0.3, -0.25) is 9.48 Å². The summed E-state index contributed by atoms with van der Waals surface area (Å²) < 4.78 is 6.45. The summed E-state index contributed by atoms with van der Waals surface area (Å²) in [6.45, 7) is 6.25. The van der Waals surface area contributed by atoms with E-state index in [1.165, 1.54) is 7.11 Å². The van der Waals surface area contributed by atoms with Crippen LogP contribution in [0.2, 0.25) is 0 Å². The quantitative estimate of drug-likeness (QED) is 0.847. The number of aromatic nitrogens is 3. The molecule has 1 amide bonds. The lowest BCUT2D eigenvalue weighted by Crippen LogP contribution is -2.27. The SMILES string of the molecule is COC(=O)c1cccc(C2CC(=O)Nc3c2c(C(C)(C)C)nn3C)n1. The molecule has 7 nitrogen and oxygen atoms in total. The standard InChI is InChI=1S/C18H22N4O3/c1-18(2,3)15-14-10(9-13(23)20-16(14)22(4)21-15)11-7-6-8-12(19-11)17(24)25-5/h6-8,10H,9H2,1-5H3,(H,20,23). The zero-order valence-electron chi connectivity index (χ0n) is 15.1. The van der Waals surface area contributed by atoms with Crippen molar-refractivity contribution >= 4 is 17.7 Å². The average molecular weight is 342 g/mol. The number of hydrogen-bond donors (Lipinski definition) is 1. The number of rotatable bonds is 2. The van der Waals surface area contributed by atoms with Gasteiger partial charge in [-0.15, -0.1) is 0 Å². The lowest BCUT2D eigenvalue weighted by molar-refractivity contribution is -0.116. The highest BCUT2D eigenvalue weighted by atomic mass is 16.5. The first-order valence-corrected chi connectivity index (χ1v) is 8.15. The Morgan fingerprint density at radius 1 is 1.36 bits per heavy atom. The van der Waals surface area contributed by atoms with Gasteiger partial charge in [-0.1, -0.05) is 26.8 Å². The number of nitrogens with one attached hydrogen (secondary N) is 1. The molecule has 1 unspecified atom stereocenters. The van der Waals surface area contributed by atoms with Gasteiger partial charge in [0.25, 0.3) is 0 Å². The molecule has 0 bridgehead atoms. The van der Waals surface area contributed by atoms with Gasteiger partial charge in [0, 0.05) is 36.1 Å². The van der Waals surface area contributed by atoms with E-state index in [2.05, 4.69) is 36.2 Å². The van der Waals surface area contributed by atoms with Crippen LogP contribution in [0.1, 0.15) is 60.5 Å². The zero-order chi connectivity index (χ0) is 18.4. The number of ether oxygens (including phenoxy) is 1. The molecule has 3 rings (SSSR count). The van der Waals surface area contributed by atoms with Gasteiger partial charge < -0.3 is 10.1 Å². The smallest absolute Gasteiger partial charge is 0.356 e. The molecule has 2 aromatic heterocycles. The van der Waals surface area contributed by atoms with E-state index in [9.17, 15) is 9.59 Å². The molecule has 0 fully saturated rings. The zero-order valence-corrected chi connectivity index (χ0v) is 15.1. The Morgan fingerprint density at radius 2 is 2.08 bits per heavy atom. The number of pyridine rings is 1. The van der Waals surface area contributed by atoms with E-state index < -0.39 is 5.97 Å². The first-order chi connectivity index (χ1) is 11.7. The second-order valence-electron chi connectivity index (χ2n) is 7.23. The summed E-state index contributed by atoms with van der Waals surface area (Å²) in [5.74, 6) is -0.150. The predicted octanol–water partition coefficient (Wildman–Crippen LogP) is 2.37. The summed E-state index contributed by atoms with van der Waals surface area (Å²) >= 11 is 0. The van der Waals surface area contributed by atoms with Gasteiger partial charge in [0.2, 0.25) is 5.91 Å². The van der Waals surface area contributed by atoms with Crippen LogP contribution < -0.4 is 5.32 Å². The fraction of sp³-hybridized carbons (Fsp3) is 0.444. The van der Waals surface area contributed by atoms with Crippen molar-refractivity contribution in [2.75, 3.05) is 12.4 Å². The molecule has 1 N–H and O–H groups in total. The third kappa shape index (κ3) is 3.01. The number of carbonyl (C=O) groups is 2. The molecule has 0 radical (unpaired) electrons. The van der Waals surface area contributed by atoms with Gasteiger partial charge in [-0.2, -0.15) is 5.10 Å². The normalized spacial score (nSPS) is 17.0. The second kappa shape index (κ2) is 5.98. The van der Waals surface area contributed by atoms with Crippen LogP contribution in [0.4, 0.5) is 5.82 Å². The van der Waals surface area contributed by atoms with Gasteiger partial charge in [0.15, 0.2) is 0 Å². The van der Waals surface area contributed by atoms with Crippen LogP contribution in [0.25, 0.3) is 0 Å². The Labute approximate surface area is 146 Å². The summed E-state index contributed by atoms with van der Waals surface area (Å²) in [5, 5.41) is 7.54. The molecule has 25 heavy (non-hydrogen) atoms. The molecule has 0 saturated heterocycles. The van der Waals surface area contributed by atoms with Crippen molar-refractivity contribution in [3.05, 3.63) is 40.8 Å². The van der Waals surface area contributed by atoms with E-state index in [0.717, 1.165) is 11.3 Å². The van der Waals surface area contributed by atoms with Crippen molar-refractivity contribution in [1.82, 2.24) is 14.8 Å². The molecule has 1 aliphatic rings. The maximum Gasteiger partial charge on any atom is 0.356 e. The fourth-order valence-electron chi connectivity index (χ4n) is 3.16. The lowest BCUT2D eigenvalue weighted by atomic mass is 9.81. The number of methoxy groups -OCH3 is 1. The van der Waals surface area contributed by atoms with Crippen molar-refractivity contribution in [3.63, 3.8) is 0 Å². The number of hydrogen-bond acceptors (Lipinski definition) is 5. The Bertz CT molecular complexity index is 848. The van der Waals surface area contributed by atoms with Crippen molar-refractivity contribution in [2.24, 2.45) is 7.05 Å². The summed E-state index contributed by atoms with van der Waals surface area (Å²) in [6.07, 6.45) is 0.263. The molecule has 3 heterocycles. The highest BCUT2D eigenvalue weighted by molar-refractivity contribution is 5.94. The van der Waals surface area contributed by atoms with E-state index >= 15 is 0 Å². The average Bonchev–Trinajstić information content (AvgIpc) is 2.90.